The first-order valence-electron chi connectivity index (χ1n) is 14.5. The smallest absolute Gasteiger partial charge is 0.256 e. The van der Waals surface area contributed by atoms with Gasteiger partial charge in [0.2, 0.25) is 0 Å². The van der Waals surface area contributed by atoms with Gasteiger partial charge in [-0.1, -0.05) is 41.4 Å². The fourth-order valence-corrected chi connectivity index (χ4v) is 8.71. The lowest BCUT2D eigenvalue weighted by atomic mass is 9.98. The van der Waals surface area contributed by atoms with Gasteiger partial charge in [-0.2, -0.15) is 0 Å². The SMILES string of the molecule is Cc1c(/C=C2\C(=O)NC3=CCC(S(=O)(=O)Cc4c(Cl)cccc4Cl)C=C32)[nH]c2c1C(=O)N(CCN1CCCC1)CCC2. The van der Waals surface area contributed by atoms with Gasteiger partial charge in [0, 0.05) is 57.9 Å². The standard InChI is InChI=1S/C31H34Cl2N4O4S/c1-19-28(34-27-8-5-13-37(31(39)29(19)27)15-14-36-11-2-3-12-36)17-22-21-16-20(9-10-26(21)35-30(22)38)42(40,41)18-23-24(32)6-4-7-25(23)33/h4,6-7,10,16-17,20,34H,2-3,5,8-9,11-15,18H2,1H3,(H,35,38)/b22-17-. The van der Waals surface area contributed by atoms with Crippen molar-refractivity contribution in [2.75, 3.05) is 32.7 Å². The number of benzene rings is 1. The van der Waals surface area contributed by atoms with Gasteiger partial charge < -0.3 is 20.1 Å². The van der Waals surface area contributed by atoms with Gasteiger partial charge in [-0.25, -0.2) is 8.42 Å². The molecule has 1 unspecified atom stereocenters. The number of carbonyl (C=O) groups excluding carboxylic acids is 2. The number of halogens is 2. The van der Waals surface area contributed by atoms with Gasteiger partial charge in [-0.3, -0.25) is 9.59 Å². The molecule has 1 aliphatic carbocycles. The average Bonchev–Trinajstić information content (AvgIpc) is 3.63. The molecule has 3 aliphatic heterocycles. The Morgan fingerprint density at radius 3 is 2.52 bits per heavy atom. The number of likely N-dealkylation sites (tertiary alicyclic amines) is 1. The van der Waals surface area contributed by atoms with Gasteiger partial charge in [0.1, 0.15) is 0 Å². The summed E-state index contributed by atoms with van der Waals surface area (Å²) < 4.78 is 26.9. The van der Waals surface area contributed by atoms with Crippen molar-refractivity contribution >= 4 is 50.9 Å². The first-order valence-corrected chi connectivity index (χ1v) is 16.9. The first-order chi connectivity index (χ1) is 20.1. The zero-order valence-electron chi connectivity index (χ0n) is 23.5. The lowest BCUT2D eigenvalue weighted by molar-refractivity contribution is -0.115. The van der Waals surface area contributed by atoms with Crippen LogP contribution < -0.4 is 5.32 Å². The predicted molar refractivity (Wildman–Crippen MR) is 165 cm³/mol. The number of rotatable bonds is 7. The number of hydrogen-bond acceptors (Lipinski definition) is 5. The Morgan fingerprint density at radius 2 is 1.79 bits per heavy atom. The molecule has 6 rings (SSSR count). The van der Waals surface area contributed by atoms with Crippen LogP contribution in [0.5, 0.6) is 0 Å². The second kappa shape index (κ2) is 11.7. The van der Waals surface area contributed by atoms with E-state index < -0.39 is 15.1 Å². The molecule has 0 spiro atoms. The van der Waals surface area contributed by atoms with Gasteiger partial charge in [-0.15, -0.1) is 0 Å². The Bertz CT molecular complexity index is 1630. The minimum Gasteiger partial charge on any atom is -0.358 e. The van der Waals surface area contributed by atoms with Gasteiger partial charge in [-0.05, 0) is 75.9 Å². The molecule has 1 atom stereocenters. The lowest BCUT2D eigenvalue weighted by Gasteiger charge is -2.24. The highest BCUT2D eigenvalue weighted by Crippen LogP contribution is 2.36. The number of H-pyrrole nitrogens is 1. The Kier molecular flexibility index (Phi) is 8.13. The van der Waals surface area contributed by atoms with E-state index in [1.54, 1.807) is 36.4 Å². The van der Waals surface area contributed by atoms with E-state index in [2.05, 4.69) is 15.2 Å². The number of sulfone groups is 1. The maximum Gasteiger partial charge on any atom is 0.256 e. The molecule has 4 aliphatic rings. The number of aromatic nitrogens is 1. The van der Waals surface area contributed by atoms with E-state index in [1.807, 2.05) is 11.8 Å². The summed E-state index contributed by atoms with van der Waals surface area (Å²) in [5.41, 5.74) is 4.95. The van der Waals surface area contributed by atoms with E-state index in [0.29, 0.717) is 50.3 Å². The molecular formula is C31H34Cl2N4O4S. The number of amides is 2. The first kappa shape index (κ1) is 29.2. The van der Waals surface area contributed by atoms with Crippen LogP contribution in [0.3, 0.4) is 0 Å². The summed E-state index contributed by atoms with van der Waals surface area (Å²) >= 11 is 12.5. The zero-order chi connectivity index (χ0) is 29.6. The van der Waals surface area contributed by atoms with Crippen LogP contribution in [0.15, 0.2) is 47.2 Å². The van der Waals surface area contributed by atoms with Gasteiger partial charge >= 0.3 is 0 Å². The summed E-state index contributed by atoms with van der Waals surface area (Å²) in [6.45, 7) is 6.42. The molecule has 222 valence electrons. The largest absolute Gasteiger partial charge is 0.358 e. The molecule has 2 amide bonds. The van der Waals surface area contributed by atoms with Crippen molar-refractivity contribution in [2.24, 2.45) is 0 Å². The van der Waals surface area contributed by atoms with E-state index in [9.17, 15) is 18.0 Å². The fourth-order valence-electron chi connectivity index (χ4n) is 6.36. The highest BCUT2D eigenvalue weighted by Gasteiger charge is 2.36. The van der Waals surface area contributed by atoms with Crippen LogP contribution in [0, 0.1) is 6.92 Å². The van der Waals surface area contributed by atoms with E-state index in [4.69, 9.17) is 23.2 Å². The van der Waals surface area contributed by atoms with Gasteiger partial charge in [0.25, 0.3) is 11.8 Å². The number of nitrogens with zero attached hydrogens (tertiary/aromatic N) is 2. The molecule has 1 aromatic carbocycles. The van der Waals surface area contributed by atoms with Crippen molar-refractivity contribution in [3.8, 4) is 0 Å². The van der Waals surface area contributed by atoms with Gasteiger partial charge in [0.05, 0.1) is 22.1 Å². The number of nitrogens with one attached hydrogen (secondary N) is 2. The summed E-state index contributed by atoms with van der Waals surface area (Å²) in [4.78, 5) is 34.5. The van der Waals surface area contributed by atoms with Crippen LogP contribution in [0.25, 0.3) is 6.08 Å². The monoisotopic (exact) mass is 628 g/mol. The van der Waals surface area contributed by atoms with E-state index in [-0.39, 0.29) is 24.0 Å². The lowest BCUT2D eigenvalue weighted by Crippen LogP contribution is -2.38. The van der Waals surface area contributed by atoms with Crippen molar-refractivity contribution in [1.29, 1.82) is 0 Å². The topological polar surface area (TPSA) is 103 Å². The number of aromatic amines is 1. The number of fused-ring (bicyclic) bond motifs is 2. The van der Waals surface area contributed by atoms with Crippen LogP contribution in [-0.2, 0) is 26.8 Å². The summed E-state index contributed by atoms with van der Waals surface area (Å²) in [6.07, 6.45) is 9.42. The quantitative estimate of drug-likeness (QED) is 0.428. The highest BCUT2D eigenvalue weighted by molar-refractivity contribution is 7.91. The molecule has 1 aromatic heterocycles. The van der Waals surface area contributed by atoms with Crippen LogP contribution in [-0.4, -0.2) is 73.0 Å². The van der Waals surface area contributed by atoms with Crippen LogP contribution in [0.2, 0.25) is 10.0 Å². The Hall–Kier alpha value is -2.85. The summed E-state index contributed by atoms with van der Waals surface area (Å²) in [5, 5.41) is 2.63. The predicted octanol–water partition coefficient (Wildman–Crippen LogP) is 4.82. The zero-order valence-corrected chi connectivity index (χ0v) is 25.8. The van der Waals surface area contributed by atoms with Crippen LogP contribution in [0.1, 0.15) is 58.6 Å². The molecular weight excluding hydrogens is 595 g/mol. The van der Waals surface area contributed by atoms with E-state index in [0.717, 1.165) is 50.3 Å². The molecule has 2 N–H and O–H groups in total. The second-order valence-electron chi connectivity index (χ2n) is 11.5. The highest BCUT2D eigenvalue weighted by atomic mass is 35.5. The van der Waals surface area contributed by atoms with E-state index >= 15 is 0 Å². The number of hydrogen-bond donors (Lipinski definition) is 2. The minimum absolute atomic E-state index is 0.0258. The molecule has 8 nitrogen and oxygen atoms in total. The fraction of sp³-hybridized carbons (Fsp3) is 0.419. The maximum absolute atomic E-state index is 13.6. The Balaban J connectivity index is 1.27. The third-order valence-electron chi connectivity index (χ3n) is 8.74. The number of carbonyl (C=O) groups is 2. The van der Waals surface area contributed by atoms with Gasteiger partial charge in [0.15, 0.2) is 9.84 Å². The number of allylic oxidation sites excluding steroid dienone is 2. The van der Waals surface area contributed by atoms with Crippen molar-refractivity contribution in [3.05, 3.63) is 85.3 Å². The summed E-state index contributed by atoms with van der Waals surface area (Å²) in [7, 11) is -3.69. The molecule has 42 heavy (non-hydrogen) atoms. The summed E-state index contributed by atoms with van der Waals surface area (Å²) in [5.74, 6) is -0.581. The third kappa shape index (κ3) is 5.60. The van der Waals surface area contributed by atoms with Crippen LogP contribution in [0.4, 0.5) is 0 Å². The minimum atomic E-state index is -3.69. The molecule has 2 aromatic rings. The average molecular weight is 630 g/mol. The molecule has 0 radical (unpaired) electrons. The summed E-state index contributed by atoms with van der Waals surface area (Å²) in [6, 6.07) is 4.91. The molecule has 0 saturated carbocycles. The van der Waals surface area contributed by atoms with Crippen molar-refractivity contribution in [2.45, 2.75) is 50.0 Å². The Morgan fingerprint density at radius 1 is 1.05 bits per heavy atom. The molecule has 2 fully saturated rings. The second-order valence-corrected chi connectivity index (χ2v) is 14.5. The molecule has 4 heterocycles. The van der Waals surface area contributed by atoms with Crippen molar-refractivity contribution < 1.29 is 18.0 Å². The van der Waals surface area contributed by atoms with Crippen molar-refractivity contribution in [3.63, 3.8) is 0 Å². The van der Waals surface area contributed by atoms with E-state index in [1.165, 1.54) is 12.8 Å². The van der Waals surface area contributed by atoms with Crippen LogP contribution >= 0.6 is 23.2 Å². The third-order valence-corrected chi connectivity index (χ3v) is 11.4. The normalized spacial score (nSPS) is 22.1. The molecule has 2 saturated heterocycles. The van der Waals surface area contributed by atoms with Crippen molar-refractivity contribution in [1.82, 2.24) is 20.1 Å². The number of aryl methyl sites for hydroxylation is 1. The maximum atomic E-state index is 13.6. The molecule has 0 bridgehead atoms. The Labute approximate surface area is 256 Å². The molecule has 11 heteroatoms.